The molecule has 1 N–H and O–H groups in total. The third kappa shape index (κ3) is 2.48. The van der Waals surface area contributed by atoms with E-state index >= 15 is 0 Å². The van der Waals surface area contributed by atoms with Crippen LogP contribution in [0.4, 0.5) is 0 Å². The van der Waals surface area contributed by atoms with E-state index in [9.17, 15) is 0 Å². The van der Waals surface area contributed by atoms with Crippen LogP contribution in [0.15, 0.2) is 34.9 Å². The lowest BCUT2D eigenvalue weighted by atomic mass is 10.2. The van der Waals surface area contributed by atoms with E-state index in [0.29, 0.717) is 13.0 Å². The largest absolute Gasteiger partial charge is 0.396 e. The van der Waals surface area contributed by atoms with Crippen molar-refractivity contribution in [1.29, 1.82) is 0 Å². The molecule has 0 aliphatic heterocycles. The van der Waals surface area contributed by atoms with Gasteiger partial charge in [-0.3, -0.25) is 0 Å². The van der Waals surface area contributed by atoms with Gasteiger partial charge in [-0.1, -0.05) is 33.3 Å². The number of nitrogens with zero attached hydrogens (tertiary/aromatic N) is 3. The first-order valence-corrected chi connectivity index (χ1v) is 5.86. The summed E-state index contributed by atoms with van der Waals surface area (Å²) in [5, 5.41) is 16.7. The van der Waals surface area contributed by atoms with Gasteiger partial charge in [0.2, 0.25) is 0 Å². The molecule has 2 aromatic rings. The van der Waals surface area contributed by atoms with Gasteiger partial charge in [-0.2, -0.15) is 0 Å². The van der Waals surface area contributed by atoms with E-state index in [0.717, 1.165) is 15.7 Å². The summed E-state index contributed by atoms with van der Waals surface area (Å²) in [6.07, 6.45) is 2.42. The second kappa shape index (κ2) is 5.23. The van der Waals surface area contributed by atoms with Crippen LogP contribution in [0.5, 0.6) is 0 Å². The molecule has 0 saturated heterocycles. The molecule has 16 heavy (non-hydrogen) atoms. The van der Waals surface area contributed by atoms with E-state index in [1.165, 1.54) is 0 Å². The second-order valence-corrected chi connectivity index (χ2v) is 4.34. The van der Waals surface area contributed by atoms with Crippen molar-refractivity contribution in [2.75, 3.05) is 6.61 Å². The summed E-state index contributed by atoms with van der Waals surface area (Å²) < 4.78 is 2.85. The topological polar surface area (TPSA) is 50.9 Å². The molecule has 0 amide bonds. The minimum Gasteiger partial charge on any atom is -0.396 e. The van der Waals surface area contributed by atoms with Gasteiger partial charge in [0.05, 0.1) is 11.9 Å². The average molecular weight is 282 g/mol. The Hall–Kier alpha value is -1.20. The highest BCUT2D eigenvalue weighted by atomic mass is 79.9. The van der Waals surface area contributed by atoms with Gasteiger partial charge >= 0.3 is 0 Å². The Morgan fingerprint density at radius 1 is 1.25 bits per heavy atom. The average Bonchev–Trinajstić information content (AvgIpc) is 2.75. The summed E-state index contributed by atoms with van der Waals surface area (Å²) in [6.45, 7) is 0.849. The number of rotatable bonds is 4. The van der Waals surface area contributed by atoms with Gasteiger partial charge in [-0.15, -0.1) is 5.10 Å². The molecule has 4 nitrogen and oxygen atoms in total. The van der Waals surface area contributed by atoms with Gasteiger partial charge in [-0.25, -0.2) is 4.68 Å². The van der Waals surface area contributed by atoms with Crippen molar-refractivity contribution in [3.8, 4) is 11.3 Å². The van der Waals surface area contributed by atoms with Crippen LogP contribution in [-0.2, 0) is 6.54 Å². The smallest absolute Gasteiger partial charge is 0.0885 e. The maximum Gasteiger partial charge on any atom is 0.0885 e. The van der Waals surface area contributed by atoms with Crippen molar-refractivity contribution < 1.29 is 5.11 Å². The number of benzene rings is 1. The van der Waals surface area contributed by atoms with Gasteiger partial charge < -0.3 is 5.11 Å². The molecule has 84 valence electrons. The van der Waals surface area contributed by atoms with Gasteiger partial charge in [0.25, 0.3) is 0 Å². The number of halogens is 1. The van der Waals surface area contributed by atoms with Gasteiger partial charge in [-0.05, 0) is 18.6 Å². The Morgan fingerprint density at radius 3 is 2.69 bits per heavy atom. The first kappa shape index (κ1) is 11.3. The first-order chi connectivity index (χ1) is 7.81. The summed E-state index contributed by atoms with van der Waals surface area (Å²) >= 11 is 3.40. The lowest BCUT2D eigenvalue weighted by Crippen LogP contribution is -2.04. The molecule has 2 rings (SSSR count). The van der Waals surface area contributed by atoms with Crippen LogP contribution < -0.4 is 0 Å². The Labute approximate surface area is 102 Å². The van der Waals surface area contributed by atoms with Crippen LogP contribution in [0.25, 0.3) is 11.3 Å². The predicted molar refractivity (Wildman–Crippen MR) is 64.9 cm³/mol. The molecule has 5 heteroatoms. The zero-order chi connectivity index (χ0) is 11.4. The number of hydrogen-bond donors (Lipinski definition) is 1. The normalized spacial score (nSPS) is 10.6. The molecule has 0 bridgehead atoms. The fourth-order valence-corrected chi connectivity index (χ4v) is 1.75. The van der Waals surface area contributed by atoms with Crippen molar-refractivity contribution in [2.24, 2.45) is 0 Å². The van der Waals surface area contributed by atoms with E-state index in [1.54, 1.807) is 10.9 Å². The highest BCUT2D eigenvalue weighted by molar-refractivity contribution is 9.10. The Balaban J connectivity index is 2.26. The molecule has 1 aromatic heterocycles. The maximum absolute atomic E-state index is 8.80. The van der Waals surface area contributed by atoms with Crippen LogP contribution in [0.1, 0.15) is 6.42 Å². The van der Waals surface area contributed by atoms with Gasteiger partial charge in [0, 0.05) is 23.2 Å². The van der Waals surface area contributed by atoms with Crippen molar-refractivity contribution in [3.05, 3.63) is 34.9 Å². The van der Waals surface area contributed by atoms with E-state index in [-0.39, 0.29) is 6.61 Å². The minimum atomic E-state index is 0.166. The van der Waals surface area contributed by atoms with Crippen molar-refractivity contribution in [3.63, 3.8) is 0 Å². The molecular formula is C11H12BrN3O. The minimum absolute atomic E-state index is 0.166. The summed E-state index contributed by atoms with van der Waals surface area (Å²) in [5.41, 5.74) is 2.05. The molecule has 0 aliphatic rings. The zero-order valence-corrected chi connectivity index (χ0v) is 10.3. The summed E-state index contributed by atoms with van der Waals surface area (Å²) in [4.78, 5) is 0. The summed E-state index contributed by atoms with van der Waals surface area (Å²) in [5.74, 6) is 0. The van der Waals surface area contributed by atoms with Gasteiger partial charge in [0.1, 0.15) is 0 Å². The number of hydrogen-bond acceptors (Lipinski definition) is 3. The van der Waals surface area contributed by atoms with E-state index < -0.39 is 0 Å². The summed E-state index contributed by atoms with van der Waals surface area (Å²) in [7, 11) is 0. The van der Waals surface area contributed by atoms with Crippen LogP contribution in [0.3, 0.4) is 0 Å². The Bertz CT molecular complexity index is 453. The highest BCUT2D eigenvalue weighted by Crippen LogP contribution is 2.20. The highest BCUT2D eigenvalue weighted by Gasteiger charge is 2.05. The maximum atomic E-state index is 8.80. The third-order valence-electron chi connectivity index (χ3n) is 2.29. The lowest BCUT2D eigenvalue weighted by molar-refractivity contribution is 0.276. The number of aliphatic hydroxyl groups is 1. The predicted octanol–water partition coefficient (Wildman–Crippen LogP) is 2.09. The molecule has 0 unspecified atom stereocenters. The summed E-state index contributed by atoms with van der Waals surface area (Å²) in [6, 6.07) is 7.99. The molecule has 0 radical (unpaired) electrons. The van der Waals surface area contributed by atoms with Crippen LogP contribution in [0.2, 0.25) is 0 Å². The fourth-order valence-electron chi connectivity index (χ4n) is 1.49. The van der Waals surface area contributed by atoms with Crippen LogP contribution in [0, 0.1) is 0 Å². The molecular weight excluding hydrogens is 270 g/mol. The lowest BCUT2D eigenvalue weighted by Gasteiger charge is -2.05. The third-order valence-corrected chi connectivity index (χ3v) is 2.81. The van der Waals surface area contributed by atoms with E-state index in [4.69, 9.17) is 5.11 Å². The van der Waals surface area contributed by atoms with E-state index in [1.807, 2.05) is 24.3 Å². The SMILES string of the molecule is OCCCn1nncc1-c1ccc(Br)cc1. The molecule has 1 heterocycles. The molecule has 0 aliphatic carbocycles. The van der Waals surface area contributed by atoms with Crippen molar-refractivity contribution in [2.45, 2.75) is 13.0 Å². The van der Waals surface area contributed by atoms with Crippen molar-refractivity contribution in [1.82, 2.24) is 15.0 Å². The number of aromatic nitrogens is 3. The fraction of sp³-hybridized carbons (Fsp3) is 0.273. The zero-order valence-electron chi connectivity index (χ0n) is 8.67. The monoisotopic (exact) mass is 281 g/mol. The van der Waals surface area contributed by atoms with Crippen LogP contribution >= 0.6 is 15.9 Å². The standard InChI is InChI=1S/C11H12BrN3O/c12-10-4-2-9(3-5-10)11-8-13-14-15(11)6-1-7-16/h2-5,8,16H,1,6-7H2. The quantitative estimate of drug-likeness (QED) is 0.934. The Kier molecular flexibility index (Phi) is 3.69. The molecule has 0 spiro atoms. The van der Waals surface area contributed by atoms with Gasteiger partial charge in [0.15, 0.2) is 0 Å². The van der Waals surface area contributed by atoms with Crippen molar-refractivity contribution >= 4 is 15.9 Å². The molecule has 0 atom stereocenters. The van der Waals surface area contributed by atoms with E-state index in [2.05, 4.69) is 26.2 Å². The molecule has 0 saturated carbocycles. The molecule has 1 aromatic carbocycles. The Morgan fingerprint density at radius 2 is 2.00 bits per heavy atom. The molecule has 0 fully saturated rings. The van der Waals surface area contributed by atoms with Crippen LogP contribution in [-0.4, -0.2) is 26.7 Å². The second-order valence-electron chi connectivity index (χ2n) is 3.43. The number of aryl methyl sites for hydroxylation is 1. The number of aliphatic hydroxyl groups excluding tert-OH is 1. The first-order valence-electron chi connectivity index (χ1n) is 5.06.